The van der Waals surface area contributed by atoms with Crippen LogP contribution in [0.25, 0.3) is 22.3 Å². The van der Waals surface area contributed by atoms with Crippen molar-refractivity contribution in [3.8, 4) is 23.0 Å². The average molecular weight is 1590 g/mol. The van der Waals surface area contributed by atoms with Crippen LogP contribution in [0.2, 0.25) is 0 Å². The number of benzene rings is 6. The molecule has 2 heterocycles. The van der Waals surface area contributed by atoms with Crippen LogP contribution in [0.5, 0.6) is 23.0 Å². The second-order valence-corrected chi connectivity index (χ2v) is 36.1. The molecule has 2 fully saturated rings. The molecule has 0 saturated carbocycles. The van der Waals surface area contributed by atoms with E-state index in [-0.39, 0.29) is 68.5 Å². The number of allylic oxidation sites excluding steroid dienone is 2. The van der Waals surface area contributed by atoms with Gasteiger partial charge in [-0.3, -0.25) is 27.8 Å². The van der Waals surface area contributed by atoms with Crippen molar-refractivity contribution in [3.63, 3.8) is 0 Å². The molecule has 2 amide bonds. The molecule has 2 aliphatic rings. The smallest absolute Gasteiger partial charge is 0.264 e. The number of carbonyl (C=O) groups is 2. The minimum Gasteiger partial charge on any atom is -0.493 e. The fourth-order valence-electron chi connectivity index (χ4n) is 9.86. The Morgan fingerprint density at radius 1 is 0.446 bits per heavy atom. The topological polar surface area (TPSA) is 269 Å². The molecule has 0 spiro atoms. The van der Waals surface area contributed by atoms with Gasteiger partial charge < -0.3 is 50.0 Å². The number of hydrogen-bond acceptors (Lipinski definition) is 18. The Bertz CT molecular complexity index is 3720. The van der Waals surface area contributed by atoms with Gasteiger partial charge in [0.1, 0.15) is 42.8 Å². The summed E-state index contributed by atoms with van der Waals surface area (Å²) in [6.07, 6.45) is 4.83. The van der Waals surface area contributed by atoms with Gasteiger partial charge in [-0.15, -0.1) is 0 Å². The highest BCUT2D eigenvalue weighted by molar-refractivity contribution is 7.86. The van der Waals surface area contributed by atoms with Crippen molar-refractivity contribution in [3.05, 3.63) is 216 Å². The molecule has 2 saturated heterocycles. The normalized spacial score (nSPS) is 13.8. The standard InChI is InChI=1S/2C27H30O4.2C7H13NO.2C6H13N.2C5H12O3S/c1-20(18-29)19-31-26-14-10-24(11-15-26)27(21(2)22-6-4-3-5-7-22)23-8-12-25(13-9-23)30-17-16-28;1-3-24(29)19-31-26-15-11-23(12-16-26)27(20(2)21-7-5-4-6-8-21)22-9-13-25(14-10-22)30-18-17-28;2*1-5-6(9)8-7(2,3)4;2*1-6(2,3)7-4-5-7;2*1-5(2,3)8-9(4,6)7/h3-15,20,28-29H,16-19H2,1-2H3;4-16,24,28-29H,3,17-19H2,1-2H3;2*5H,1H2,2-4H3,(H,8,9);2*4-5H2,1-3H3;2*1-4H3/b27-21-;27-20-;;;;;;. The third-order valence-electron chi connectivity index (χ3n) is 15.2. The van der Waals surface area contributed by atoms with Crippen LogP contribution in [0.4, 0.5) is 0 Å². The average Bonchev–Trinajstić information content (AvgIpc) is 1.57. The highest BCUT2D eigenvalue weighted by Crippen LogP contribution is 2.36. The van der Waals surface area contributed by atoms with Gasteiger partial charge in [0, 0.05) is 60.9 Å². The Labute approximate surface area is 673 Å². The van der Waals surface area contributed by atoms with Crippen LogP contribution in [0.3, 0.4) is 0 Å². The summed E-state index contributed by atoms with van der Waals surface area (Å²) in [5, 5.41) is 42.3. The molecule has 6 N–H and O–H groups in total. The monoisotopic (exact) mass is 1590 g/mol. The Hall–Kier alpha value is -8.00. The molecular formula is C90H136N4O16S2. The molecular weight excluding hydrogens is 1460 g/mol. The van der Waals surface area contributed by atoms with Crippen LogP contribution in [0.15, 0.2) is 183 Å². The number of amides is 2. The number of nitrogens with one attached hydrogen (secondary N) is 2. The van der Waals surface area contributed by atoms with Crippen LogP contribution >= 0.6 is 0 Å². The van der Waals surface area contributed by atoms with Gasteiger partial charge in [-0.05, 0) is 261 Å². The summed E-state index contributed by atoms with van der Waals surface area (Å²) in [6, 6.07) is 52.5. The largest absolute Gasteiger partial charge is 0.493 e. The van der Waals surface area contributed by atoms with Crippen LogP contribution in [0, 0.1) is 5.92 Å². The van der Waals surface area contributed by atoms with E-state index < -0.39 is 37.5 Å². The molecule has 22 heteroatoms. The molecule has 6 aromatic carbocycles. The van der Waals surface area contributed by atoms with Crippen molar-refractivity contribution in [2.45, 2.75) is 198 Å². The predicted molar refractivity (Wildman–Crippen MR) is 461 cm³/mol. The van der Waals surface area contributed by atoms with E-state index in [0.29, 0.717) is 24.1 Å². The number of rotatable bonds is 24. The first-order valence-corrected chi connectivity index (χ1v) is 41.6. The lowest BCUT2D eigenvalue weighted by Crippen LogP contribution is -2.39. The Balaban J connectivity index is 0.000000705. The summed E-state index contributed by atoms with van der Waals surface area (Å²) in [6.45, 7) is 56.6. The Morgan fingerprint density at radius 2 is 0.714 bits per heavy atom. The summed E-state index contributed by atoms with van der Waals surface area (Å²) in [5.41, 5.74) is 10.6. The first-order valence-electron chi connectivity index (χ1n) is 37.9. The van der Waals surface area contributed by atoms with Gasteiger partial charge in [-0.25, -0.2) is 0 Å². The number of ether oxygens (including phenoxy) is 4. The number of nitrogens with zero attached hydrogens (tertiary/aromatic N) is 2. The van der Waals surface area contributed by atoms with Gasteiger partial charge in [-0.1, -0.05) is 136 Å². The number of aliphatic hydroxyl groups is 4. The predicted octanol–water partition coefficient (Wildman–Crippen LogP) is 16.1. The molecule has 2 aliphatic heterocycles. The lowest BCUT2D eigenvalue weighted by Gasteiger charge is -2.18. The van der Waals surface area contributed by atoms with E-state index in [1.165, 1.54) is 49.5 Å². The van der Waals surface area contributed by atoms with Crippen molar-refractivity contribution >= 4 is 54.3 Å². The zero-order valence-electron chi connectivity index (χ0n) is 71.6. The molecule has 624 valence electrons. The van der Waals surface area contributed by atoms with E-state index in [0.717, 1.165) is 80.0 Å². The number of aliphatic hydroxyl groups excluding tert-OH is 4. The van der Waals surface area contributed by atoms with Crippen molar-refractivity contribution in [2.24, 2.45) is 5.92 Å². The van der Waals surface area contributed by atoms with E-state index in [1.807, 2.05) is 177 Å². The maximum absolute atomic E-state index is 10.6. The summed E-state index contributed by atoms with van der Waals surface area (Å²) in [7, 11) is -6.56. The Morgan fingerprint density at radius 3 is 0.893 bits per heavy atom. The minimum absolute atomic E-state index is 0.00841. The van der Waals surface area contributed by atoms with E-state index in [2.05, 4.69) is 134 Å². The highest BCUT2D eigenvalue weighted by atomic mass is 32.2. The van der Waals surface area contributed by atoms with E-state index in [4.69, 9.17) is 29.2 Å². The molecule has 2 unspecified atom stereocenters. The van der Waals surface area contributed by atoms with Gasteiger partial charge in [0.15, 0.2) is 0 Å². The van der Waals surface area contributed by atoms with Crippen molar-refractivity contribution in [1.82, 2.24) is 20.4 Å². The van der Waals surface area contributed by atoms with Crippen molar-refractivity contribution in [2.75, 3.05) is 84.9 Å². The third kappa shape index (κ3) is 48.8. The highest BCUT2D eigenvalue weighted by Gasteiger charge is 2.30. The molecule has 0 bridgehead atoms. The lowest BCUT2D eigenvalue weighted by molar-refractivity contribution is -0.118. The fraction of sp³-hybridized carbons (Fsp3) is 0.489. The second-order valence-electron chi connectivity index (χ2n) is 32.9. The van der Waals surface area contributed by atoms with Crippen molar-refractivity contribution < 1.29 is 74.2 Å². The maximum atomic E-state index is 10.6. The summed E-state index contributed by atoms with van der Waals surface area (Å²) in [5.74, 6) is 2.84. The van der Waals surface area contributed by atoms with Gasteiger partial charge >= 0.3 is 0 Å². The minimum atomic E-state index is -3.28. The molecule has 0 radical (unpaired) electrons. The maximum Gasteiger partial charge on any atom is 0.264 e. The quantitative estimate of drug-likeness (QED) is 0.0142. The second kappa shape index (κ2) is 48.9. The molecule has 0 aromatic heterocycles. The Kier molecular flexibility index (Phi) is 44.6. The zero-order valence-corrected chi connectivity index (χ0v) is 73.3. The summed E-state index contributed by atoms with van der Waals surface area (Å²) < 4.78 is 73.4. The van der Waals surface area contributed by atoms with Crippen molar-refractivity contribution in [1.29, 1.82) is 0 Å². The van der Waals surface area contributed by atoms with Gasteiger partial charge in [0.2, 0.25) is 11.8 Å². The molecule has 0 aliphatic carbocycles. The summed E-state index contributed by atoms with van der Waals surface area (Å²) in [4.78, 5) is 26.1. The molecule has 20 nitrogen and oxygen atoms in total. The van der Waals surface area contributed by atoms with Gasteiger partial charge in [0.05, 0.1) is 49.6 Å². The number of carbonyl (C=O) groups excluding carboxylic acids is 2. The lowest BCUT2D eigenvalue weighted by atomic mass is 9.90. The molecule has 112 heavy (non-hydrogen) atoms. The number of hydrogen-bond donors (Lipinski definition) is 6. The molecule has 6 aromatic rings. The fourth-order valence-corrected chi connectivity index (χ4v) is 11.7. The van der Waals surface area contributed by atoms with Gasteiger partial charge in [0.25, 0.3) is 20.2 Å². The van der Waals surface area contributed by atoms with E-state index in [9.17, 15) is 36.6 Å². The van der Waals surface area contributed by atoms with E-state index >= 15 is 0 Å². The van der Waals surface area contributed by atoms with E-state index in [1.54, 1.807) is 41.5 Å². The first kappa shape index (κ1) is 102. The van der Waals surface area contributed by atoms with Crippen LogP contribution in [-0.2, 0) is 38.2 Å². The molecule has 8 rings (SSSR count). The van der Waals surface area contributed by atoms with Crippen LogP contribution < -0.4 is 29.6 Å². The van der Waals surface area contributed by atoms with Crippen LogP contribution in [0.1, 0.15) is 192 Å². The SMILES string of the molecule is C/C(=C(\c1ccc(OCCO)cc1)c1ccc(OCC(C)CO)cc1)c1ccccc1.C=CC(=O)NC(C)(C)C.C=CC(=O)NC(C)(C)C.CC(C)(C)N1CC1.CC(C)(C)N1CC1.CC(C)(C)OS(C)(=O)=O.CC(C)(C)OS(C)(=O)=O.CCC(O)COc1ccc(/C(=C(/C)c2ccccc2)c2ccc(OCCO)cc2)cc1. The first-order chi connectivity index (χ1) is 51.8. The summed E-state index contributed by atoms with van der Waals surface area (Å²) >= 11 is 0. The molecule has 2 atom stereocenters. The van der Waals surface area contributed by atoms with Gasteiger partial charge in [-0.2, -0.15) is 16.8 Å². The zero-order chi connectivity index (χ0) is 85.5. The van der Waals surface area contributed by atoms with Crippen LogP contribution in [-0.4, -0.2) is 183 Å². The third-order valence-corrected chi connectivity index (χ3v) is 16.8.